The third-order valence-corrected chi connectivity index (χ3v) is 5.72. The third kappa shape index (κ3) is 4.37. The maximum Gasteiger partial charge on any atom is 0.237 e. The molecule has 0 radical (unpaired) electrons. The molecule has 132 valence electrons. The van der Waals surface area contributed by atoms with E-state index in [9.17, 15) is 4.79 Å². The van der Waals surface area contributed by atoms with Crippen molar-refractivity contribution in [1.82, 2.24) is 15.1 Å². The number of nitrogens with zero attached hydrogens (tertiary/aromatic N) is 2. The minimum absolute atomic E-state index is 0.0132. The lowest BCUT2D eigenvalue weighted by Crippen LogP contribution is -2.47. The second-order valence-corrected chi connectivity index (χ2v) is 7.50. The third-order valence-electron chi connectivity index (χ3n) is 5.72. The average molecular weight is 329 g/mol. The van der Waals surface area contributed by atoms with E-state index >= 15 is 0 Å². The Balaban J connectivity index is 1.47. The molecule has 4 nitrogen and oxygen atoms in total. The highest BCUT2D eigenvalue weighted by molar-refractivity contribution is 5.81. The molecular formula is C20H31N3O. The lowest BCUT2D eigenvalue weighted by molar-refractivity contribution is -0.126. The van der Waals surface area contributed by atoms with E-state index in [4.69, 9.17) is 0 Å². The number of benzene rings is 1. The number of likely N-dealkylation sites (tertiary alicyclic amines) is 1. The molecule has 1 saturated heterocycles. The van der Waals surface area contributed by atoms with Gasteiger partial charge in [0.2, 0.25) is 5.91 Å². The predicted octanol–water partition coefficient (Wildman–Crippen LogP) is 2.64. The molecule has 4 heteroatoms. The van der Waals surface area contributed by atoms with Crippen molar-refractivity contribution >= 4 is 5.91 Å². The van der Waals surface area contributed by atoms with Gasteiger partial charge in [-0.3, -0.25) is 14.6 Å². The molecule has 1 heterocycles. The van der Waals surface area contributed by atoms with Gasteiger partial charge >= 0.3 is 0 Å². The number of hydrogen-bond donors (Lipinski definition) is 1. The summed E-state index contributed by atoms with van der Waals surface area (Å²) in [6, 6.07) is 11.6. The van der Waals surface area contributed by atoms with Gasteiger partial charge in [-0.15, -0.1) is 0 Å². The Morgan fingerprint density at radius 3 is 2.67 bits per heavy atom. The monoisotopic (exact) mass is 329 g/mol. The first kappa shape index (κ1) is 17.4. The highest BCUT2D eigenvalue weighted by atomic mass is 16.2. The molecule has 2 unspecified atom stereocenters. The number of hydrogen-bond acceptors (Lipinski definition) is 3. The van der Waals surface area contributed by atoms with Gasteiger partial charge in [0.15, 0.2) is 0 Å². The van der Waals surface area contributed by atoms with Crippen LogP contribution in [0.5, 0.6) is 0 Å². The first-order valence-corrected chi connectivity index (χ1v) is 9.42. The van der Waals surface area contributed by atoms with Gasteiger partial charge in [0.1, 0.15) is 0 Å². The van der Waals surface area contributed by atoms with Gasteiger partial charge < -0.3 is 5.32 Å². The number of likely N-dealkylation sites (N-methyl/N-ethyl adjacent to an activating group) is 1. The normalized spacial score (nSPS) is 23.7. The molecule has 0 bridgehead atoms. The number of amides is 1. The highest BCUT2D eigenvalue weighted by Crippen LogP contribution is 2.21. The van der Waals surface area contributed by atoms with E-state index in [1.54, 1.807) is 0 Å². The SMILES string of the molecule is CC(C(=O)NC1CCCC1)N1CCC(N(C)Cc2ccccc2)C1. The summed E-state index contributed by atoms with van der Waals surface area (Å²) in [4.78, 5) is 17.3. The minimum atomic E-state index is -0.0132. The lowest BCUT2D eigenvalue weighted by atomic mass is 10.1. The Hall–Kier alpha value is -1.39. The molecule has 3 rings (SSSR count). The van der Waals surface area contributed by atoms with Gasteiger partial charge in [0, 0.05) is 31.7 Å². The van der Waals surface area contributed by atoms with Crippen LogP contribution in [0.1, 0.15) is 44.6 Å². The van der Waals surface area contributed by atoms with Crippen LogP contribution in [0, 0.1) is 0 Å². The van der Waals surface area contributed by atoms with Crippen molar-refractivity contribution in [2.45, 2.75) is 63.7 Å². The van der Waals surface area contributed by atoms with E-state index < -0.39 is 0 Å². The van der Waals surface area contributed by atoms with Crippen LogP contribution < -0.4 is 5.32 Å². The average Bonchev–Trinajstić information content (AvgIpc) is 3.26. The van der Waals surface area contributed by atoms with Crippen LogP contribution in [0.2, 0.25) is 0 Å². The van der Waals surface area contributed by atoms with Crippen molar-refractivity contribution in [3.63, 3.8) is 0 Å². The zero-order chi connectivity index (χ0) is 16.9. The summed E-state index contributed by atoms with van der Waals surface area (Å²) in [6.45, 7) is 5.04. The summed E-state index contributed by atoms with van der Waals surface area (Å²) in [5, 5.41) is 3.25. The summed E-state index contributed by atoms with van der Waals surface area (Å²) in [7, 11) is 2.20. The second-order valence-electron chi connectivity index (χ2n) is 7.50. The van der Waals surface area contributed by atoms with Crippen molar-refractivity contribution in [1.29, 1.82) is 0 Å². The molecule has 2 aliphatic rings. The molecule has 1 aliphatic carbocycles. The van der Waals surface area contributed by atoms with Crippen molar-refractivity contribution in [2.75, 3.05) is 20.1 Å². The summed E-state index contributed by atoms with van der Waals surface area (Å²) in [5.74, 6) is 0.216. The molecule has 1 saturated carbocycles. The molecular weight excluding hydrogens is 298 g/mol. The van der Waals surface area contributed by atoms with E-state index in [0.29, 0.717) is 12.1 Å². The molecule has 2 fully saturated rings. The quantitative estimate of drug-likeness (QED) is 0.871. The minimum Gasteiger partial charge on any atom is -0.352 e. The number of rotatable bonds is 6. The Morgan fingerprint density at radius 2 is 1.96 bits per heavy atom. The number of carbonyl (C=O) groups excluding carboxylic acids is 1. The summed E-state index contributed by atoms with van der Waals surface area (Å²) >= 11 is 0. The molecule has 0 aromatic heterocycles. The van der Waals surface area contributed by atoms with Crippen molar-refractivity contribution in [2.24, 2.45) is 0 Å². The van der Waals surface area contributed by atoms with Crippen molar-refractivity contribution in [3.8, 4) is 0 Å². The van der Waals surface area contributed by atoms with E-state index in [2.05, 4.69) is 59.4 Å². The molecule has 1 aliphatic heterocycles. The largest absolute Gasteiger partial charge is 0.352 e. The van der Waals surface area contributed by atoms with Gasteiger partial charge in [-0.2, -0.15) is 0 Å². The Bertz CT molecular complexity index is 527. The predicted molar refractivity (Wildman–Crippen MR) is 97.7 cm³/mol. The maximum atomic E-state index is 12.5. The summed E-state index contributed by atoms with van der Waals surface area (Å²) < 4.78 is 0. The van der Waals surface area contributed by atoms with E-state index in [-0.39, 0.29) is 11.9 Å². The summed E-state index contributed by atoms with van der Waals surface area (Å²) in [6.07, 6.45) is 5.97. The number of nitrogens with one attached hydrogen (secondary N) is 1. The Labute approximate surface area is 146 Å². The summed E-state index contributed by atoms with van der Waals surface area (Å²) in [5.41, 5.74) is 1.35. The van der Waals surface area contributed by atoms with Crippen molar-refractivity contribution < 1.29 is 4.79 Å². The van der Waals surface area contributed by atoms with Gasteiger partial charge in [0.05, 0.1) is 6.04 Å². The van der Waals surface area contributed by atoms with Gasteiger partial charge in [-0.25, -0.2) is 0 Å². The molecule has 1 amide bonds. The lowest BCUT2D eigenvalue weighted by Gasteiger charge is -2.27. The molecule has 1 aromatic rings. The van der Waals surface area contributed by atoms with Crippen LogP contribution in [0.15, 0.2) is 30.3 Å². The maximum absolute atomic E-state index is 12.5. The molecule has 1 aromatic carbocycles. The zero-order valence-electron chi connectivity index (χ0n) is 15.1. The fourth-order valence-corrected chi connectivity index (χ4v) is 4.04. The topological polar surface area (TPSA) is 35.6 Å². The second kappa shape index (κ2) is 8.13. The highest BCUT2D eigenvalue weighted by Gasteiger charge is 2.32. The van der Waals surface area contributed by atoms with Crippen LogP contribution in [-0.2, 0) is 11.3 Å². The van der Waals surface area contributed by atoms with Crippen LogP contribution in [0.3, 0.4) is 0 Å². The van der Waals surface area contributed by atoms with Crippen molar-refractivity contribution in [3.05, 3.63) is 35.9 Å². The van der Waals surface area contributed by atoms with Crippen LogP contribution in [-0.4, -0.2) is 54.0 Å². The van der Waals surface area contributed by atoms with Gasteiger partial charge in [-0.1, -0.05) is 43.2 Å². The fourth-order valence-electron chi connectivity index (χ4n) is 4.04. The molecule has 1 N–H and O–H groups in total. The van der Waals surface area contributed by atoms with Gasteiger partial charge in [0.25, 0.3) is 0 Å². The standard InChI is InChI=1S/C20H31N3O/c1-16(20(24)21-18-10-6-7-11-18)23-13-12-19(15-23)22(2)14-17-8-4-3-5-9-17/h3-5,8-9,16,18-19H,6-7,10-15H2,1-2H3,(H,21,24). The van der Waals surface area contributed by atoms with E-state index in [1.165, 1.54) is 18.4 Å². The van der Waals surface area contributed by atoms with Crippen LogP contribution in [0.4, 0.5) is 0 Å². The van der Waals surface area contributed by atoms with E-state index in [1.807, 2.05) is 0 Å². The first-order valence-electron chi connectivity index (χ1n) is 9.42. The fraction of sp³-hybridized carbons (Fsp3) is 0.650. The smallest absolute Gasteiger partial charge is 0.237 e. The molecule has 24 heavy (non-hydrogen) atoms. The molecule has 2 atom stereocenters. The zero-order valence-corrected chi connectivity index (χ0v) is 15.1. The van der Waals surface area contributed by atoms with E-state index in [0.717, 1.165) is 38.9 Å². The molecule has 0 spiro atoms. The van der Waals surface area contributed by atoms with Crippen LogP contribution in [0.25, 0.3) is 0 Å². The van der Waals surface area contributed by atoms with Gasteiger partial charge in [-0.05, 0) is 38.8 Å². The first-order chi connectivity index (χ1) is 11.6. The number of carbonyl (C=O) groups is 1. The Morgan fingerprint density at radius 1 is 1.25 bits per heavy atom. The van der Waals surface area contributed by atoms with Crippen LogP contribution >= 0.6 is 0 Å². The Kier molecular flexibility index (Phi) is 5.90.